The molecule has 0 aliphatic rings. The van der Waals surface area contributed by atoms with E-state index in [-0.39, 0.29) is 26.3 Å². The van der Waals surface area contributed by atoms with Crippen LogP contribution < -0.4 is 11.5 Å². The Balaban J connectivity index is 3.04. The maximum absolute atomic E-state index is 9.07. The van der Waals surface area contributed by atoms with Crippen LogP contribution in [0.2, 0.25) is 0 Å². The number of aliphatic hydroxyl groups excluding tert-OH is 2. The minimum atomic E-state index is -0.573. The van der Waals surface area contributed by atoms with Crippen molar-refractivity contribution in [3.8, 4) is 0 Å². The summed E-state index contributed by atoms with van der Waals surface area (Å²) < 4.78 is 10.4. The van der Waals surface area contributed by atoms with Crippen molar-refractivity contribution >= 4 is 0 Å². The van der Waals surface area contributed by atoms with Gasteiger partial charge in [-0.1, -0.05) is 0 Å². The van der Waals surface area contributed by atoms with Gasteiger partial charge in [-0.2, -0.15) is 0 Å². The van der Waals surface area contributed by atoms with E-state index in [0.29, 0.717) is 13.2 Å². The first-order chi connectivity index (χ1) is 7.70. The van der Waals surface area contributed by atoms with Gasteiger partial charge in [0.2, 0.25) is 0 Å². The van der Waals surface area contributed by atoms with Crippen LogP contribution in [-0.2, 0) is 9.47 Å². The van der Waals surface area contributed by atoms with Crippen LogP contribution in [0, 0.1) is 0 Å². The standard InChI is InChI=1S/C10H24N2O4/c11-5-9(13)7-15-3-1-2-4-16-8-10(14)6-12/h9-10,13-14H,1-8,11-12H2. The van der Waals surface area contributed by atoms with E-state index < -0.39 is 12.2 Å². The number of hydrogen-bond donors (Lipinski definition) is 4. The third-order valence-electron chi connectivity index (χ3n) is 1.99. The van der Waals surface area contributed by atoms with Gasteiger partial charge >= 0.3 is 0 Å². The summed E-state index contributed by atoms with van der Waals surface area (Å²) in [5.74, 6) is 0. The van der Waals surface area contributed by atoms with Gasteiger partial charge < -0.3 is 31.2 Å². The monoisotopic (exact) mass is 236 g/mol. The lowest BCUT2D eigenvalue weighted by Crippen LogP contribution is -2.25. The summed E-state index contributed by atoms with van der Waals surface area (Å²) in [6.07, 6.45) is 0.568. The lowest BCUT2D eigenvalue weighted by atomic mass is 10.3. The molecule has 0 aromatic carbocycles. The fourth-order valence-corrected chi connectivity index (χ4v) is 0.983. The van der Waals surface area contributed by atoms with Crippen molar-refractivity contribution in [2.75, 3.05) is 39.5 Å². The van der Waals surface area contributed by atoms with Gasteiger partial charge in [0, 0.05) is 26.3 Å². The Bertz CT molecular complexity index is 133. The zero-order valence-electron chi connectivity index (χ0n) is 9.68. The number of unbranched alkanes of at least 4 members (excludes halogenated alkanes) is 1. The van der Waals surface area contributed by atoms with Crippen LogP contribution in [0.15, 0.2) is 0 Å². The highest BCUT2D eigenvalue weighted by atomic mass is 16.5. The van der Waals surface area contributed by atoms with E-state index in [1.54, 1.807) is 0 Å². The molecule has 0 spiro atoms. The molecule has 98 valence electrons. The second-order valence-corrected chi connectivity index (χ2v) is 3.64. The molecule has 6 nitrogen and oxygen atoms in total. The van der Waals surface area contributed by atoms with Crippen molar-refractivity contribution in [3.63, 3.8) is 0 Å². The van der Waals surface area contributed by atoms with E-state index in [9.17, 15) is 0 Å². The van der Waals surface area contributed by atoms with Crippen molar-refractivity contribution < 1.29 is 19.7 Å². The highest BCUT2D eigenvalue weighted by Gasteiger charge is 2.01. The largest absolute Gasteiger partial charge is 0.389 e. The molecule has 0 aliphatic heterocycles. The third-order valence-corrected chi connectivity index (χ3v) is 1.99. The molecule has 0 aliphatic carbocycles. The van der Waals surface area contributed by atoms with E-state index in [4.69, 9.17) is 31.2 Å². The molecule has 0 amide bonds. The highest BCUT2D eigenvalue weighted by molar-refractivity contribution is 4.53. The summed E-state index contributed by atoms with van der Waals surface area (Å²) in [7, 11) is 0. The van der Waals surface area contributed by atoms with Crippen LogP contribution in [0.25, 0.3) is 0 Å². The number of nitrogens with two attached hydrogens (primary N) is 2. The minimum Gasteiger partial charge on any atom is -0.389 e. The molecule has 6 N–H and O–H groups in total. The summed E-state index contributed by atoms with van der Waals surface area (Å²) in [5.41, 5.74) is 10.4. The van der Waals surface area contributed by atoms with Crippen LogP contribution in [0.1, 0.15) is 12.8 Å². The highest BCUT2D eigenvalue weighted by Crippen LogP contribution is 1.93. The maximum atomic E-state index is 9.07. The predicted molar refractivity (Wildman–Crippen MR) is 61.0 cm³/mol. The summed E-state index contributed by atoms with van der Waals surface area (Å²) in [4.78, 5) is 0. The van der Waals surface area contributed by atoms with E-state index >= 15 is 0 Å². The van der Waals surface area contributed by atoms with Crippen molar-refractivity contribution in [3.05, 3.63) is 0 Å². The van der Waals surface area contributed by atoms with Gasteiger partial charge in [0.05, 0.1) is 25.4 Å². The fourth-order valence-electron chi connectivity index (χ4n) is 0.983. The van der Waals surface area contributed by atoms with E-state index in [1.807, 2.05) is 0 Å². The summed E-state index contributed by atoms with van der Waals surface area (Å²) >= 11 is 0. The van der Waals surface area contributed by atoms with Gasteiger partial charge in [0.25, 0.3) is 0 Å². The van der Waals surface area contributed by atoms with E-state index in [0.717, 1.165) is 12.8 Å². The minimum absolute atomic E-state index is 0.222. The normalized spacial score (nSPS) is 15.0. The SMILES string of the molecule is NCC(O)COCCCCOCC(O)CN. The Morgan fingerprint density at radius 1 is 0.812 bits per heavy atom. The lowest BCUT2D eigenvalue weighted by Gasteiger charge is -2.10. The predicted octanol–water partition coefficient (Wildman–Crippen LogP) is -1.56. The Morgan fingerprint density at radius 3 is 1.50 bits per heavy atom. The Morgan fingerprint density at radius 2 is 1.19 bits per heavy atom. The quantitative estimate of drug-likeness (QED) is 0.323. The molecule has 6 heteroatoms. The molecule has 0 saturated heterocycles. The molecule has 0 bridgehead atoms. The van der Waals surface area contributed by atoms with Crippen LogP contribution >= 0.6 is 0 Å². The molecule has 16 heavy (non-hydrogen) atoms. The number of aliphatic hydroxyl groups is 2. The average molecular weight is 236 g/mol. The number of ether oxygens (including phenoxy) is 2. The second-order valence-electron chi connectivity index (χ2n) is 3.64. The molecule has 0 radical (unpaired) electrons. The molecule has 2 unspecified atom stereocenters. The van der Waals surface area contributed by atoms with Crippen LogP contribution in [-0.4, -0.2) is 61.9 Å². The van der Waals surface area contributed by atoms with Crippen molar-refractivity contribution in [2.24, 2.45) is 11.5 Å². The Hall–Kier alpha value is -0.240. The zero-order valence-corrected chi connectivity index (χ0v) is 9.68. The Labute approximate surface area is 96.5 Å². The van der Waals surface area contributed by atoms with Crippen LogP contribution in [0.5, 0.6) is 0 Å². The number of rotatable bonds is 11. The smallest absolute Gasteiger partial charge is 0.0895 e. The topological polar surface area (TPSA) is 111 Å². The number of hydrogen-bond acceptors (Lipinski definition) is 6. The van der Waals surface area contributed by atoms with Gasteiger partial charge in [0.1, 0.15) is 0 Å². The molecule has 0 fully saturated rings. The van der Waals surface area contributed by atoms with Crippen molar-refractivity contribution in [2.45, 2.75) is 25.0 Å². The first-order valence-electron chi connectivity index (χ1n) is 5.62. The van der Waals surface area contributed by atoms with Crippen molar-refractivity contribution in [1.29, 1.82) is 0 Å². The molecular weight excluding hydrogens is 212 g/mol. The van der Waals surface area contributed by atoms with Gasteiger partial charge in [-0.3, -0.25) is 0 Å². The molecule has 0 heterocycles. The van der Waals surface area contributed by atoms with Gasteiger partial charge in [-0.15, -0.1) is 0 Å². The Kier molecular flexibility index (Phi) is 11.1. The third kappa shape index (κ3) is 10.3. The molecule has 0 aromatic heterocycles. The van der Waals surface area contributed by atoms with Crippen LogP contribution in [0.3, 0.4) is 0 Å². The zero-order chi connectivity index (χ0) is 12.2. The lowest BCUT2D eigenvalue weighted by molar-refractivity contribution is 0.0253. The molecular formula is C10H24N2O4. The summed E-state index contributed by atoms with van der Waals surface area (Å²) in [6, 6.07) is 0. The van der Waals surface area contributed by atoms with Gasteiger partial charge in [-0.25, -0.2) is 0 Å². The molecule has 0 aromatic rings. The molecule has 0 saturated carbocycles. The van der Waals surface area contributed by atoms with E-state index in [1.165, 1.54) is 0 Å². The second kappa shape index (κ2) is 11.3. The molecule has 0 rings (SSSR count). The van der Waals surface area contributed by atoms with Gasteiger partial charge in [0.15, 0.2) is 0 Å². The van der Waals surface area contributed by atoms with E-state index in [2.05, 4.69) is 0 Å². The summed E-state index contributed by atoms with van der Waals surface area (Å²) in [5, 5.41) is 18.1. The van der Waals surface area contributed by atoms with Crippen LogP contribution in [0.4, 0.5) is 0 Å². The van der Waals surface area contributed by atoms with Gasteiger partial charge in [-0.05, 0) is 12.8 Å². The summed E-state index contributed by atoms with van der Waals surface area (Å²) in [6.45, 7) is 2.17. The fraction of sp³-hybridized carbons (Fsp3) is 1.00. The maximum Gasteiger partial charge on any atom is 0.0895 e. The first kappa shape index (κ1) is 15.8. The first-order valence-corrected chi connectivity index (χ1v) is 5.62. The molecule has 2 atom stereocenters. The van der Waals surface area contributed by atoms with Crippen molar-refractivity contribution in [1.82, 2.24) is 0 Å². The average Bonchev–Trinajstić information content (AvgIpc) is 2.31.